The fourth-order valence-electron chi connectivity index (χ4n) is 1.64. The molecule has 0 spiro atoms. The Morgan fingerprint density at radius 3 is 2.24 bits per heavy atom. The molecule has 1 atom stereocenters. The van der Waals surface area contributed by atoms with Crippen LogP contribution in [0.25, 0.3) is 0 Å². The summed E-state index contributed by atoms with van der Waals surface area (Å²) in [6, 6.07) is 2.44. The number of ether oxygens (including phenoxy) is 2. The van der Waals surface area contributed by atoms with E-state index in [2.05, 4.69) is 5.32 Å². The second-order valence-corrected chi connectivity index (χ2v) is 5.91. The Balaban J connectivity index is 2.71. The molecule has 1 aromatic carbocycles. The summed E-state index contributed by atoms with van der Waals surface area (Å²) in [6.07, 6.45) is -0.934. The van der Waals surface area contributed by atoms with Crippen molar-refractivity contribution in [3.63, 3.8) is 0 Å². The van der Waals surface area contributed by atoms with E-state index in [4.69, 9.17) is 9.47 Å². The summed E-state index contributed by atoms with van der Waals surface area (Å²) in [4.78, 5) is 0. The monoisotopic (exact) mass is 303 g/mol. The van der Waals surface area contributed by atoms with Gasteiger partial charge < -0.3 is 19.9 Å². The highest BCUT2D eigenvalue weighted by atomic mass is 19.1. The summed E-state index contributed by atoms with van der Waals surface area (Å²) in [7, 11) is 1.42. The quantitative estimate of drug-likeness (QED) is 0.811. The molecule has 0 aliphatic heterocycles. The number of aliphatic hydroxyl groups is 1. The van der Waals surface area contributed by atoms with E-state index in [0.717, 1.165) is 0 Å². The zero-order valence-electron chi connectivity index (χ0n) is 12.9. The van der Waals surface area contributed by atoms with Gasteiger partial charge in [0.15, 0.2) is 17.4 Å². The van der Waals surface area contributed by atoms with Gasteiger partial charge in [-0.15, -0.1) is 0 Å². The molecule has 0 aliphatic carbocycles. The molecule has 1 unspecified atom stereocenters. The molecule has 0 radical (unpaired) electrons. The van der Waals surface area contributed by atoms with E-state index in [1.807, 2.05) is 20.8 Å². The molecule has 0 heterocycles. The van der Waals surface area contributed by atoms with Crippen molar-refractivity contribution >= 4 is 0 Å². The Morgan fingerprint density at radius 1 is 1.19 bits per heavy atom. The lowest BCUT2D eigenvalue weighted by molar-refractivity contribution is 0.0305. The van der Waals surface area contributed by atoms with E-state index in [-0.39, 0.29) is 18.8 Å². The fourth-order valence-corrected chi connectivity index (χ4v) is 1.64. The molecule has 6 heteroatoms. The summed E-state index contributed by atoms with van der Waals surface area (Å²) in [5.41, 5.74) is 0.344. The molecule has 0 saturated carbocycles. The number of hydrogen-bond donors (Lipinski definition) is 2. The van der Waals surface area contributed by atoms with Gasteiger partial charge in [0.25, 0.3) is 0 Å². The third-order valence-corrected chi connectivity index (χ3v) is 2.66. The van der Waals surface area contributed by atoms with Gasteiger partial charge in [-0.3, -0.25) is 0 Å². The standard InChI is InChI=1S/C15H23F2NO3/c1-15(2,3)18-7-10-5-12(16)14(13(17)6-10)21-9-11(19)8-20-4/h5-6,11,18-19H,7-9H2,1-4H3. The summed E-state index contributed by atoms with van der Waals surface area (Å²) in [5, 5.41) is 12.6. The first-order valence-electron chi connectivity index (χ1n) is 6.75. The lowest BCUT2D eigenvalue weighted by Gasteiger charge is -2.21. The minimum atomic E-state index is -0.934. The minimum Gasteiger partial charge on any atom is -0.485 e. The first-order chi connectivity index (χ1) is 9.73. The van der Waals surface area contributed by atoms with Crippen LogP contribution in [0.5, 0.6) is 5.75 Å². The van der Waals surface area contributed by atoms with Crippen LogP contribution in [0, 0.1) is 11.6 Å². The van der Waals surface area contributed by atoms with Gasteiger partial charge in [-0.05, 0) is 38.5 Å². The largest absolute Gasteiger partial charge is 0.485 e. The van der Waals surface area contributed by atoms with Crippen molar-refractivity contribution in [3.8, 4) is 5.75 Å². The summed E-state index contributed by atoms with van der Waals surface area (Å²) < 4.78 is 37.4. The van der Waals surface area contributed by atoms with Crippen LogP contribution in [0.2, 0.25) is 0 Å². The number of nitrogens with one attached hydrogen (secondary N) is 1. The average Bonchev–Trinajstić information content (AvgIpc) is 2.35. The third kappa shape index (κ3) is 6.37. The van der Waals surface area contributed by atoms with Crippen molar-refractivity contribution in [3.05, 3.63) is 29.3 Å². The van der Waals surface area contributed by atoms with Crippen LogP contribution in [-0.2, 0) is 11.3 Å². The molecule has 120 valence electrons. The smallest absolute Gasteiger partial charge is 0.190 e. The van der Waals surface area contributed by atoms with Gasteiger partial charge in [-0.2, -0.15) is 0 Å². The Labute approximate surface area is 124 Å². The summed E-state index contributed by atoms with van der Waals surface area (Å²) >= 11 is 0. The van der Waals surface area contributed by atoms with Crippen LogP contribution in [0.4, 0.5) is 8.78 Å². The maximum Gasteiger partial charge on any atom is 0.190 e. The van der Waals surface area contributed by atoms with E-state index in [1.54, 1.807) is 0 Å². The van der Waals surface area contributed by atoms with Crippen molar-refractivity contribution in [1.29, 1.82) is 0 Å². The van der Waals surface area contributed by atoms with Crippen LogP contribution in [0.1, 0.15) is 26.3 Å². The Morgan fingerprint density at radius 2 is 1.76 bits per heavy atom. The minimum absolute atomic E-state index is 0.0385. The normalized spacial score (nSPS) is 13.3. The van der Waals surface area contributed by atoms with Crippen molar-refractivity contribution in [1.82, 2.24) is 5.32 Å². The second-order valence-electron chi connectivity index (χ2n) is 5.91. The maximum atomic E-state index is 13.9. The van der Waals surface area contributed by atoms with E-state index < -0.39 is 23.5 Å². The molecule has 0 saturated heterocycles. The predicted molar refractivity (Wildman–Crippen MR) is 76.3 cm³/mol. The third-order valence-electron chi connectivity index (χ3n) is 2.66. The molecule has 4 nitrogen and oxygen atoms in total. The zero-order valence-corrected chi connectivity index (χ0v) is 12.9. The first-order valence-corrected chi connectivity index (χ1v) is 6.75. The molecule has 0 bridgehead atoms. The van der Waals surface area contributed by atoms with Crippen LogP contribution in [0.3, 0.4) is 0 Å². The Kier molecular flexibility index (Phi) is 6.51. The van der Waals surface area contributed by atoms with Gasteiger partial charge in [0.2, 0.25) is 0 Å². The van der Waals surface area contributed by atoms with Crippen molar-refractivity contribution in [2.75, 3.05) is 20.3 Å². The fraction of sp³-hybridized carbons (Fsp3) is 0.600. The molecule has 0 fully saturated rings. The van der Waals surface area contributed by atoms with Gasteiger partial charge in [0.05, 0.1) is 6.61 Å². The molecule has 1 aromatic rings. The summed E-state index contributed by atoms with van der Waals surface area (Å²) in [6.45, 7) is 6.05. The SMILES string of the molecule is COCC(O)COc1c(F)cc(CNC(C)(C)C)cc1F. The van der Waals surface area contributed by atoms with E-state index >= 15 is 0 Å². The lowest BCUT2D eigenvalue weighted by Crippen LogP contribution is -2.35. The van der Waals surface area contributed by atoms with Gasteiger partial charge in [-0.25, -0.2) is 8.78 Å². The first kappa shape index (κ1) is 17.8. The molecule has 0 aromatic heterocycles. The van der Waals surface area contributed by atoms with Crippen LogP contribution in [-0.4, -0.2) is 37.1 Å². The molecule has 0 amide bonds. The van der Waals surface area contributed by atoms with E-state index in [0.29, 0.717) is 12.1 Å². The van der Waals surface area contributed by atoms with Crippen molar-refractivity contribution in [2.45, 2.75) is 39.0 Å². The van der Waals surface area contributed by atoms with Crippen LogP contribution >= 0.6 is 0 Å². The maximum absolute atomic E-state index is 13.9. The number of hydrogen-bond acceptors (Lipinski definition) is 4. The molecule has 0 aliphatic rings. The van der Waals surface area contributed by atoms with Crippen molar-refractivity contribution < 1.29 is 23.4 Å². The van der Waals surface area contributed by atoms with Crippen LogP contribution in [0.15, 0.2) is 12.1 Å². The van der Waals surface area contributed by atoms with Crippen LogP contribution < -0.4 is 10.1 Å². The highest BCUT2D eigenvalue weighted by Gasteiger charge is 2.16. The predicted octanol–water partition coefficient (Wildman–Crippen LogP) is 2.24. The zero-order chi connectivity index (χ0) is 16.0. The van der Waals surface area contributed by atoms with E-state index in [9.17, 15) is 13.9 Å². The molecule has 2 N–H and O–H groups in total. The molecule has 21 heavy (non-hydrogen) atoms. The number of benzene rings is 1. The Hall–Kier alpha value is -1.24. The van der Waals surface area contributed by atoms with Gasteiger partial charge >= 0.3 is 0 Å². The molecule has 1 rings (SSSR count). The number of aliphatic hydroxyl groups excluding tert-OH is 1. The van der Waals surface area contributed by atoms with Gasteiger partial charge in [0, 0.05) is 19.2 Å². The second kappa shape index (κ2) is 7.68. The average molecular weight is 303 g/mol. The van der Waals surface area contributed by atoms with Gasteiger partial charge in [-0.1, -0.05) is 0 Å². The lowest BCUT2D eigenvalue weighted by atomic mass is 10.1. The number of halogens is 2. The van der Waals surface area contributed by atoms with Gasteiger partial charge in [0.1, 0.15) is 12.7 Å². The molecular weight excluding hydrogens is 280 g/mol. The highest BCUT2D eigenvalue weighted by molar-refractivity contribution is 5.31. The Bertz CT molecular complexity index is 438. The number of methoxy groups -OCH3 is 1. The van der Waals surface area contributed by atoms with E-state index in [1.165, 1.54) is 19.2 Å². The number of rotatable bonds is 7. The van der Waals surface area contributed by atoms with Crippen molar-refractivity contribution in [2.24, 2.45) is 0 Å². The molecular formula is C15H23F2NO3. The summed E-state index contributed by atoms with van der Waals surface area (Å²) in [5.74, 6) is -2.06. The topological polar surface area (TPSA) is 50.7 Å². The highest BCUT2D eigenvalue weighted by Crippen LogP contribution is 2.23.